The van der Waals surface area contributed by atoms with Crippen molar-refractivity contribution in [3.8, 4) is 0 Å². The standard InChI is InChI=1S/C33H57NO13/c1-3-4-9-34-32-7-5-31(6-8-32)33(36)47-29-27-45-25-23-43-21-19-41-17-15-39-13-11-37-10-12-38-14-16-40-18-20-42-22-24-44-26-28-46-30(2)35/h5-8,34H,3-4,9-29H2,1-2H3. The number of carbonyl (C=O) groups is 2. The summed E-state index contributed by atoms with van der Waals surface area (Å²) in [6.45, 7) is 13.0. The van der Waals surface area contributed by atoms with Crippen LogP contribution in [-0.4, -0.2) is 151 Å². The van der Waals surface area contributed by atoms with Crippen molar-refractivity contribution in [2.75, 3.05) is 144 Å². The maximum absolute atomic E-state index is 12.1. The molecule has 1 rings (SSSR count). The molecule has 0 radical (unpaired) electrons. The Balaban J connectivity index is 1.71. The van der Waals surface area contributed by atoms with Crippen LogP contribution in [0.5, 0.6) is 0 Å². The molecule has 272 valence electrons. The van der Waals surface area contributed by atoms with Gasteiger partial charge in [-0.1, -0.05) is 13.3 Å². The van der Waals surface area contributed by atoms with Crippen molar-refractivity contribution in [1.82, 2.24) is 0 Å². The minimum Gasteiger partial charge on any atom is -0.463 e. The first-order chi connectivity index (χ1) is 23.1. The van der Waals surface area contributed by atoms with E-state index in [-0.39, 0.29) is 25.2 Å². The molecule has 0 saturated heterocycles. The summed E-state index contributed by atoms with van der Waals surface area (Å²) in [4.78, 5) is 22.7. The molecule has 0 aromatic heterocycles. The van der Waals surface area contributed by atoms with Crippen LogP contribution in [0.4, 0.5) is 5.69 Å². The van der Waals surface area contributed by atoms with Crippen molar-refractivity contribution < 1.29 is 61.7 Å². The van der Waals surface area contributed by atoms with Crippen LogP contribution in [0, 0.1) is 0 Å². The van der Waals surface area contributed by atoms with E-state index in [9.17, 15) is 9.59 Å². The zero-order valence-corrected chi connectivity index (χ0v) is 28.4. The molecule has 14 heteroatoms. The van der Waals surface area contributed by atoms with E-state index < -0.39 is 0 Å². The molecule has 47 heavy (non-hydrogen) atoms. The van der Waals surface area contributed by atoms with Crippen LogP contribution in [0.1, 0.15) is 37.0 Å². The fourth-order valence-electron chi connectivity index (χ4n) is 3.52. The second-order valence-corrected chi connectivity index (χ2v) is 9.84. The third-order valence-electron chi connectivity index (χ3n) is 5.95. The van der Waals surface area contributed by atoms with E-state index >= 15 is 0 Å². The smallest absolute Gasteiger partial charge is 0.338 e. The molecule has 0 aliphatic rings. The fourth-order valence-corrected chi connectivity index (χ4v) is 3.52. The van der Waals surface area contributed by atoms with E-state index in [1.807, 2.05) is 12.1 Å². The lowest BCUT2D eigenvalue weighted by atomic mass is 10.2. The van der Waals surface area contributed by atoms with E-state index in [1.54, 1.807) is 12.1 Å². The zero-order valence-electron chi connectivity index (χ0n) is 28.4. The molecule has 0 heterocycles. The molecule has 0 saturated carbocycles. The first kappa shape index (κ1) is 42.6. The van der Waals surface area contributed by atoms with Crippen LogP contribution in [0.25, 0.3) is 0 Å². The Kier molecular flexibility index (Phi) is 30.4. The molecule has 1 N–H and O–H groups in total. The molecular weight excluding hydrogens is 618 g/mol. The summed E-state index contributed by atoms with van der Waals surface area (Å²) in [5.74, 6) is -0.679. The van der Waals surface area contributed by atoms with Crippen molar-refractivity contribution in [2.45, 2.75) is 26.7 Å². The number of ether oxygens (including phenoxy) is 11. The van der Waals surface area contributed by atoms with Gasteiger partial charge in [0.15, 0.2) is 0 Å². The number of carbonyl (C=O) groups excluding carboxylic acids is 2. The lowest BCUT2D eigenvalue weighted by molar-refractivity contribution is -0.142. The predicted molar refractivity (Wildman–Crippen MR) is 174 cm³/mol. The summed E-state index contributed by atoms with van der Waals surface area (Å²) in [5.41, 5.74) is 1.51. The lowest BCUT2D eigenvalue weighted by Gasteiger charge is -2.09. The molecule has 0 atom stereocenters. The van der Waals surface area contributed by atoms with E-state index in [2.05, 4.69) is 12.2 Å². The normalized spacial score (nSPS) is 11.1. The molecule has 0 amide bonds. The van der Waals surface area contributed by atoms with Crippen LogP contribution < -0.4 is 5.32 Å². The number of unbranched alkanes of at least 4 members (excludes halogenated alkanes) is 1. The van der Waals surface area contributed by atoms with Crippen LogP contribution >= 0.6 is 0 Å². The first-order valence-electron chi connectivity index (χ1n) is 16.5. The van der Waals surface area contributed by atoms with Gasteiger partial charge in [-0.15, -0.1) is 0 Å². The molecular formula is C33H57NO13. The molecule has 1 aromatic carbocycles. The Bertz CT molecular complexity index is 844. The second kappa shape index (κ2) is 33.5. The maximum Gasteiger partial charge on any atom is 0.338 e. The Morgan fingerprint density at radius 1 is 0.489 bits per heavy atom. The number of hydrogen-bond donors (Lipinski definition) is 1. The third kappa shape index (κ3) is 29.5. The minimum atomic E-state index is -0.364. The molecule has 0 unspecified atom stereocenters. The Morgan fingerprint density at radius 2 is 0.809 bits per heavy atom. The Morgan fingerprint density at radius 3 is 1.13 bits per heavy atom. The molecule has 0 bridgehead atoms. The number of anilines is 1. The number of esters is 2. The van der Waals surface area contributed by atoms with Gasteiger partial charge in [-0.05, 0) is 30.7 Å². The average Bonchev–Trinajstić information content (AvgIpc) is 3.07. The topological polar surface area (TPSA) is 148 Å². The molecule has 0 aliphatic heterocycles. The van der Waals surface area contributed by atoms with Gasteiger partial charge in [0.25, 0.3) is 0 Å². The van der Waals surface area contributed by atoms with Gasteiger partial charge in [-0.3, -0.25) is 4.79 Å². The Hall–Kier alpha value is -2.40. The molecule has 0 aliphatic carbocycles. The molecule has 0 spiro atoms. The summed E-state index contributed by atoms with van der Waals surface area (Å²) in [5, 5.41) is 3.31. The van der Waals surface area contributed by atoms with Crippen molar-refractivity contribution in [2.24, 2.45) is 0 Å². The summed E-state index contributed by atoms with van der Waals surface area (Å²) < 4.78 is 58.8. The van der Waals surface area contributed by atoms with E-state index in [1.165, 1.54) is 6.92 Å². The van der Waals surface area contributed by atoms with Gasteiger partial charge in [-0.2, -0.15) is 0 Å². The average molecular weight is 676 g/mol. The van der Waals surface area contributed by atoms with Gasteiger partial charge in [-0.25, -0.2) is 4.79 Å². The highest BCUT2D eigenvalue weighted by Gasteiger charge is 2.07. The predicted octanol–water partition coefficient (Wildman–Crippen LogP) is 2.77. The number of hydrogen-bond acceptors (Lipinski definition) is 14. The number of rotatable bonds is 35. The van der Waals surface area contributed by atoms with Crippen LogP contribution in [0.15, 0.2) is 24.3 Å². The largest absolute Gasteiger partial charge is 0.463 e. The highest BCUT2D eigenvalue weighted by molar-refractivity contribution is 5.89. The first-order valence-corrected chi connectivity index (χ1v) is 16.5. The number of nitrogens with one attached hydrogen (secondary N) is 1. The van der Waals surface area contributed by atoms with E-state index in [4.69, 9.17) is 52.1 Å². The quantitative estimate of drug-likeness (QED) is 0.0831. The minimum absolute atomic E-state index is 0.187. The Labute approximate surface area is 279 Å². The molecule has 0 fully saturated rings. The van der Waals surface area contributed by atoms with E-state index in [0.29, 0.717) is 124 Å². The van der Waals surface area contributed by atoms with Crippen molar-refractivity contribution in [3.05, 3.63) is 29.8 Å². The SMILES string of the molecule is CCCCNc1ccc(C(=O)OCCOCCOCCOCCOCCOCCOCCOCCOCCOCCOC(C)=O)cc1. The summed E-state index contributed by atoms with van der Waals surface area (Å²) in [6.07, 6.45) is 2.24. The van der Waals surface area contributed by atoms with Gasteiger partial charge in [0, 0.05) is 19.2 Å². The van der Waals surface area contributed by atoms with Crippen LogP contribution in [0.3, 0.4) is 0 Å². The summed E-state index contributed by atoms with van der Waals surface area (Å²) in [7, 11) is 0. The van der Waals surface area contributed by atoms with Crippen molar-refractivity contribution in [3.63, 3.8) is 0 Å². The highest BCUT2D eigenvalue weighted by atomic mass is 16.6. The van der Waals surface area contributed by atoms with Crippen molar-refractivity contribution >= 4 is 17.6 Å². The molecule has 14 nitrogen and oxygen atoms in total. The van der Waals surface area contributed by atoms with Gasteiger partial charge in [0.2, 0.25) is 0 Å². The van der Waals surface area contributed by atoms with Gasteiger partial charge in [0.05, 0.1) is 124 Å². The molecule has 1 aromatic rings. The fraction of sp³-hybridized carbons (Fsp3) is 0.758. The summed E-state index contributed by atoms with van der Waals surface area (Å²) >= 11 is 0. The summed E-state index contributed by atoms with van der Waals surface area (Å²) in [6, 6.07) is 7.28. The third-order valence-corrected chi connectivity index (χ3v) is 5.95. The monoisotopic (exact) mass is 675 g/mol. The zero-order chi connectivity index (χ0) is 33.9. The van der Waals surface area contributed by atoms with Crippen LogP contribution in [0.2, 0.25) is 0 Å². The van der Waals surface area contributed by atoms with Gasteiger partial charge < -0.3 is 57.4 Å². The van der Waals surface area contributed by atoms with Gasteiger partial charge >= 0.3 is 11.9 Å². The van der Waals surface area contributed by atoms with E-state index in [0.717, 1.165) is 25.1 Å². The van der Waals surface area contributed by atoms with Gasteiger partial charge in [0.1, 0.15) is 13.2 Å². The second-order valence-electron chi connectivity index (χ2n) is 9.84. The maximum atomic E-state index is 12.1. The lowest BCUT2D eigenvalue weighted by Crippen LogP contribution is -2.15. The van der Waals surface area contributed by atoms with Crippen molar-refractivity contribution in [1.29, 1.82) is 0 Å². The highest BCUT2D eigenvalue weighted by Crippen LogP contribution is 2.10. The number of benzene rings is 1. The van der Waals surface area contributed by atoms with Crippen LogP contribution in [-0.2, 0) is 56.9 Å².